The number of ether oxygens (including phenoxy) is 2. The van der Waals surface area contributed by atoms with Gasteiger partial charge in [-0.3, -0.25) is 4.79 Å². The van der Waals surface area contributed by atoms with Gasteiger partial charge in [0.1, 0.15) is 0 Å². The third-order valence-corrected chi connectivity index (χ3v) is 5.54. The van der Waals surface area contributed by atoms with Crippen LogP contribution in [0.1, 0.15) is 29.9 Å². The van der Waals surface area contributed by atoms with Gasteiger partial charge in [-0.15, -0.1) is 0 Å². The van der Waals surface area contributed by atoms with E-state index in [4.69, 9.17) is 9.47 Å². The topological polar surface area (TPSA) is 38.8 Å². The smallest absolute Gasteiger partial charge is 0.430 e. The Kier molecular flexibility index (Phi) is 6.36. The van der Waals surface area contributed by atoms with Gasteiger partial charge < -0.3 is 14.4 Å². The molecule has 162 valence electrons. The summed E-state index contributed by atoms with van der Waals surface area (Å²) in [7, 11) is 2.24. The van der Waals surface area contributed by atoms with Gasteiger partial charge in [-0.2, -0.15) is 13.2 Å². The summed E-state index contributed by atoms with van der Waals surface area (Å²) in [6, 6.07) is 11.3. The maximum atomic E-state index is 14.2. The van der Waals surface area contributed by atoms with Crippen molar-refractivity contribution in [1.29, 1.82) is 0 Å². The third kappa shape index (κ3) is 3.88. The number of carbonyl (C=O) groups excluding carboxylic acids is 1. The number of hydrogen-bond acceptors (Lipinski definition) is 3. The van der Waals surface area contributed by atoms with Crippen LogP contribution in [-0.2, 0) is 15.1 Å². The van der Waals surface area contributed by atoms with E-state index >= 15 is 0 Å². The SMILES string of the molecule is COc1cc(C2CCCN(C(=O)C(OC)(c3ccccc3)C(F)(F)F)C2)ccc1F. The lowest BCUT2D eigenvalue weighted by Gasteiger charge is -2.41. The minimum atomic E-state index is -4.95. The quantitative estimate of drug-likeness (QED) is 0.655. The number of likely N-dealkylation sites (tertiary alicyclic amines) is 1. The van der Waals surface area contributed by atoms with Crippen molar-refractivity contribution in [2.75, 3.05) is 27.3 Å². The standard InChI is InChI=1S/C22H23F4NO3/c1-29-19-13-15(10-11-18(19)23)16-7-6-12-27(14-16)20(28)21(30-2,22(24,25)26)17-8-4-3-5-9-17/h3-5,8-11,13,16H,6-7,12,14H2,1-2H3. The van der Waals surface area contributed by atoms with E-state index in [1.165, 1.54) is 48.4 Å². The Morgan fingerprint density at radius 2 is 1.80 bits per heavy atom. The molecule has 4 nitrogen and oxygen atoms in total. The lowest BCUT2D eigenvalue weighted by atomic mass is 9.87. The molecule has 2 aromatic carbocycles. The van der Waals surface area contributed by atoms with Crippen LogP contribution in [0.15, 0.2) is 48.5 Å². The van der Waals surface area contributed by atoms with Gasteiger partial charge in [-0.05, 0) is 30.5 Å². The molecule has 1 heterocycles. The van der Waals surface area contributed by atoms with E-state index in [1.807, 2.05) is 0 Å². The van der Waals surface area contributed by atoms with E-state index in [9.17, 15) is 22.4 Å². The second-order valence-electron chi connectivity index (χ2n) is 7.23. The Labute approximate surface area is 172 Å². The van der Waals surface area contributed by atoms with E-state index < -0.39 is 23.5 Å². The Morgan fingerprint density at radius 1 is 1.10 bits per heavy atom. The molecular weight excluding hydrogens is 402 g/mol. The molecule has 2 unspecified atom stereocenters. The van der Waals surface area contributed by atoms with Gasteiger partial charge >= 0.3 is 6.18 Å². The fourth-order valence-corrected chi connectivity index (χ4v) is 3.99. The van der Waals surface area contributed by atoms with E-state index in [1.54, 1.807) is 12.1 Å². The van der Waals surface area contributed by atoms with Gasteiger partial charge in [0.05, 0.1) is 7.11 Å². The molecule has 0 aromatic heterocycles. The number of methoxy groups -OCH3 is 2. The summed E-state index contributed by atoms with van der Waals surface area (Å²) in [6.45, 7) is 0.253. The van der Waals surface area contributed by atoms with Gasteiger partial charge in [0, 0.05) is 31.7 Å². The van der Waals surface area contributed by atoms with Crippen molar-refractivity contribution in [2.45, 2.75) is 30.5 Å². The van der Waals surface area contributed by atoms with Crippen molar-refractivity contribution >= 4 is 5.91 Å². The maximum absolute atomic E-state index is 14.2. The zero-order chi connectivity index (χ0) is 21.9. The zero-order valence-electron chi connectivity index (χ0n) is 16.7. The highest BCUT2D eigenvalue weighted by atomic mass is 19.4. The van der Waals surface area contributed by atoms with Gasteiger partial charge in [-0.25, -0.2) is 4.39 Å². The first-order valence-corrected chi connectivity index (χ1v) is 9.54. The number of halogens is 4. The second kappa shape index (κ2) is 8.63. The number of rotatable bonds is 5. The Balaban J connectivity index is 1.94. The molecule has 0 spiro atoms. The van der Waals surface area contributed by atoms with Gasteiger partial charge in [0.25, 0.3) is 11.5 Å². The van der Waals surface area contributed by atoms with Crippen LogP contribution in [0, 0.1) is 5.82 Å². The molecule has 1 saturated heterocycles. The van der Waals surface area contributed by atoms with Gasteiger partial charge in [-0.1, -0.05) is 36.4 Å². The molecule has 1 fully saturated rings. The number of hydrogen-bond donors (Lipinski definition) is 0. The van der Waals surface area contributed by atoms with E-state index in [0.717, 1.165) is 7.11 Å². The summed E-state index contributed by atoms with van der Waals surface area (Å²) in [5, 5.41) is 0. The number of amides is 1. The number of carbonyl (C=O) groups is 1. The van der Waals surface area contributed by atoms with Crippen molar-refractivity contribution in [2.24, 2.45) is 0 Å². The molecule has 1 aliphatic heterocycles. The second-order valence-corrected chi connectivity index (χ2v) is 7.23. The predicted octanol–water partition coefficient (Wildman–Crippen LogP) is 4.64. The molecular formula is C22H23F4NO3. The number of benzene rings is 2. The van der Waals surface area contributed by atoms with E-state index in [2.05, 4.69) is 0 Å². The molecule has 2 aromatic rings. The first-order valence-electron chi connectivity index (χ1n) is 9.54. The highest BCUT2D eigenvalue weighted by Gasteiger charge is 2.63. The first kappa shape index (κ1) is 22.1. The maximum Gasteiger partial charge on any atom is 0.430 e. The zero-order valence-corrected chi connectivity index (χ0v) is 16.7. The molecule has 3 rings (SSSR count). The average Bonchev–Trinajstić information content (AvgIpc) is 2.74. The molecule has 0 N–H and O–H groups in total. The van der Waals surface area contributed by atoms with Crippen LogP contribution in [0.4, 0.5) is 17.6 Å². The van der Waals surface area contributed by atoms with Crippen LogP contribution in [0.2, 0.25) is 0 Å². The van der Waals surface area contributed by atoms with Crippen LogP contribution in [0.5, 0.6) is 5.75 Å². The molecule has 30 heavy (non-hydrogen) atoms. The van der Waals surface area contributed by atoms with Gasteiger partial charge in [0.15, 0.2) is 11.6 Å². The molecule has 8 heteroatoms. The monoisotopic (exact) mass is 425 g/mol. The first-order chi connectivity index (χ1) is 14.2. The Hall–Kier alpha value is -2.61. The summed E-state index contributed by atoms with van der Waals surface area (Å²) in [5.41, 5.74) is -2.65. The van der Waals surface area contributed by atoms with Crippen LogP contribution in [0.25, 0.3) is 0 Å². The largest absolute Gasteiger partial charge is 0.494 e. The average molecular weight is 425 g/mol. The summed E-state index contributed by atoms with van der Waals surface area (Å²) < 4.78 is 66.2. The summed E-state index contributed by atoms with van der Waals surface area (Å²) in [5.74, 6) is -1.86. The molecule has 1 aliphatic rings. The van der Waals surface area contributed by atoms with Crippen molar-refractivity contribution in [3.63, 3.8) is 0 Å². The minimum absolute atomic E-state index is 0.0572. The Bertz CT molecular complexity index is 888. The molecule has 0 saturated carbocycles. The van der Waals surface area contributed by atoms with Crippen molar-refractivity contribution in [3.8, 4) is 5.75 Å². The molecule has 1 amide bonds. The van der Waals surface area contributed by atoms with E-state index in [0.29, 0.717) is 18.4 Å². The Morgan fingerprint density at radius 3 is 2.40 bits per heavy atom. The van der Waals surface area contributed by atoms with Gasteiger partial charge in [0.2, 0.25) is 0 Å². The molecule has 0 radical (unpaired) electrons. The van der Waals surface area contributed by atoms with Crippen LogP contribution in [-0.4, -0.2) is 44.3 Å². The highest BCUT2D eigenvalue weighted by molar-refractivity contribution is 5.88. The van der Waals surface area contributed by atoms with Crippen LogP contribution < -0.4 is 4.74 Å². The lowest BCUT2D eigenvalue weighted by Crippen LogP contribution is -2.58. The third-order valence-electron chi connectivity index (χ3n) is 5.54. The van der Waals surface area contributed by atoms with E-state index in [-0.39, 0.29) is 30.3 Å². The lowest BCUT2D eigenvalue weighted by molar-refractivity contribution is -0.270. The summed E-state index contributed by atoms with van der Waals surface area (Å²) in [6.07, 6.45) is -3.77. The fourth-order valence-electron chi connectivity index (χ4n) is 3.99. The normalized spacial score (nSPS) is 19.3. The van der Waals surface area contributed by atoms with Crippen LogP contribution in [0.3, 0.4) is 0 Å². The molecule has 0 bridgehead atoms. The van der Waals surface area contributed by atoms with Crippen molar-refractivity contribution in [1.82, 2.24) is 4.90 Å². The number of alkyl halides is 3. The number of nitrogens with zero attached hydrogens (tertiary/aromatic N) is 1. The molecule has 0 aliphatic carbocycles. The fraction of sp³-hybridized carbons (Fsp3) is 0.409. The number of piperidine rings is 1. The van der Waals surface area contributed by atoms with Crippen molar-refractivity contribution < 1.29 is 31.8 Å². The van der Waals surface area contributed by atoms with Crippen LogP contribution >= 0.6 is 0 Å². The summed E-state index contributed by atoms with van der Waals surface area (Å²) in [4.78, 5) is 14.4. The minimum Gasteiger partial charge on any atom is -0.494 e. The predicted molar refractivity (Wildman–Crippen MR) is 103 cm³/mol. The summed E-state index contributed by atoms with van der Waals surface area (Å²) >= 11 is 0. The molecule has 2 atom stereocenters. The van der Waals surface area contributed by atoms with Crippen molar-refractivity contribution in [3.05, 3.63) is 65.5 Å². The highest BCUT2D eigenvalue weighted by Crippen LogP contribution is 2.44.